The number of esters is 1. The van der Waals surface area contributed by atoms with E-state index in [1.165, 1.54) is 36.6 Å². The number of aromatic nitrogens is 1. The highest BCUT2D eigenvalue weighted by Gasteiger charge is 2.40. The van der Waals surface area contributed by atoms with Gasteiger partial charge in [-0.2, -0.15) is 0 Å². The molecule has 12 atom stereocenters. The molecule has 2 aromatic carbocycles. The summed E-state index contributed by atoms with van der Waals surface area (Å²) in [7, 11) is 3.78. The van der Waals surface area contributed by atoms with E-state index >= 15 is 4.79 Å². The van der Waals surface area contributed by atoms with E-state index in [1.807, 2.05) is 39.6 Å². The van der Waals surface area contributed by atoms with E-state index < -0.39 is 170 Å². The van der Waals surface area contributed by atoms with Gasteiger partial charge in [-0.1, -0.05) is 132 Å². The van der Waals surface area contributed by atoms with Gasteiger partial charge in [0.2, 0.25) is 35.4 Å². The van der Waals surface area contributed by atoms with Crippen LogP contribution in [-0.2, 0) is 91.1 Å². The molecule has 4 rings (SSSR count). The van der Waals surface area contributed by atoms with Gasteiger partial charge in [-0.15, -0.1) is 11.3 Å². The van der Waals surface area contributed by atoms with Crippen molar-refractivity contribution >= 4 is 128 Å². The molecule has 1 aromatic heterocycles. The average Bonchev–Trinajstić information content (AvgIpc) is 1.32. The second-order valence-corrected chi connectivity index (χ2v) is 33.8. The van der Waals surface area contributed by atoms with Crippen LogP contribution in [0, 0.1) is 17.8 Å². The van der Waals surface area contributed by atoms with Crippen LogP contribution in [0.15, 0.2) is 53.9 Å². The maximum absolute atomic E-state index is 15.1. The van der Waals surface area contributed by atoms with Crippen LogP contribution in [0.5, 0.6) is 5.75 Å². The summed E-state index contributed by atoms with van der Waals surface area (Å²) in [5.41, 5.74) is 6.06. The molecule has 1 aliphatic heterocycles. The summed E-state index contributed by atoms with van der Waals surface area (Å²) >= 11 is 1.06. The highest BCUT2D eigenvalue weighted by atomic mass is 33.1. The van der Waals surface area contributed by atoms with Crippen LogP contribution in [0.2, 0.25) is 0 Å². The molecule has 0 spiro atoms. The van der Waals surface area contributed by atoms with Gasteiger partial charge in [-0.3, -0.25) is 63.1 Å². The smallest absolute Gasteiger partial charge is 0.426 e. The quantitative estimate of drug-likeness (QED) is 0.0109. The van der Waals surface area contributed by atoms with E-state index in [2.05, 4.69) is 70.6 Å². The minimum atomic E-state index is -1.97. The number of aromatic hydroxyl groups is 1. The zero-order valence-electron chi connectivity index (χ0n) is 70.3. The van der Waals surface area contributed by atoms with Gasteiger partial charge >= 0.3 is 54.0 Å². The fourth-order valence-electron chi connectivity index (χ4n) is 12.8. The Hall–Kier alpha value is -10.6. The number of carboxylic acid groups (broad SMARTS) is 5. The van der Waals surface area contributed by atoms with Crippen molar-refractivity contribution < 1.29 is 122 Å². The summed E-state index contributed by atoms with van der Waals surface area (Å²) in [4.78, 5) is 214. The predicted octanol–water partition coefficient (Wildman–Crippen LogP) is 5.48. The maximum atomic E-state index is 15.1. The number of carbonyl (C=O) groups excluding carboxylic acids is 11. The maximum Gasteiger partial charge on any atom is 0.426 e. The molecule has 2 heterocycles. The SMILES string of the molecule is CCCCCCOCN(C(=O)[C@@H](NC(=O)C1CCCCN1C)C(C)CC)[C@H](C[C@@H](OC(C)=O)c1nc(C(=O)N[C@@H](Cc2ccc(O)cc2)C[C@H](C)C(=O)NNC(=O)OCCSSC[C@H](NC(=O)[C@H](CC(=O)O)NC(=O)C(CC(=O)O)NC(=O)Cc2ccc(CNC(=O)NCCCC[C@@H](C)NC(=O)N[C@@H](CCC(=O)O)C(=O)O)cc2)C(=O)O)cs1)C(C)C. The number of phenols is 1. The molecular weight excluding hydrogens is 1650 g/mol. The molecule has 3 unspecified atom stereocenters. The zero-order valence-corrected chi connectivity index (χ0v) is 72.7. The van der Waals surface area contributed by atoms with E-state index in [9.17, 15) is 97.5 Å². The predicted molar refractivity (Wildman–Crippen MR) is 449 cm³/mol. The first-order chi connectivity index (χ1) is 57.9. The summed E-state index contributed by atoms with van der Waals surface area (Å²) in [6, 6.07) is 1.16. The van der Waals surface area contributed by atoms with Crippen molar-refractivity contribution in [2.45, 2.75) is 244 Å². The van der Waals surface area contributed by atoms with Crippen LogP contribution in [0.3, 0.4) is 0 Å². The molecule has 678 valence electrons. The van der Waals surface area contributed by atoms with Crippen molar-refractivity contribution in [3.05, 3.63) is 81.3 Å². The van der Waals surface area contributed by atoms with Crippen molar-refractivity contribution in [3.63, 3.8) is 0 Å². The van der Waals surface area contributed by atoms with Gasteiger partial charge in [0.25, 0.3) is 5.91 Å². The number of hydrogen-bond acceptors (Lipinski definition) is 25. The molecule has 42 heteroatoms. The molecule has 17 N–H and O–H groups in total. The molecule has 39 nitrogen and oxygen atoms in total. The lowest BCUT2D eigenvalue weighted by Gasteiger charge is -2.40. The summed E-state index contributed by atoms with van der Waals surface area (Å²) < 4.78 is 17.4. The number of urea groups is 2. The van der Waals surface area contributed by atoms with Crippen LogP contribution in [0.1, 0.15) is 203 Å². The number of carbonyl (C=O) groups is 16. The molecule has 1 aliphatic rings. The van der Waals surface area contributed by atoms with Gasteiger partial charge in [0.15, 0.2) is 6.10 Å². The van der Waals surface area contributed by atoms with Crippen LogP contribution < -0.4 is 58.7 Å². The fourth-order valence-corrected chi connectivity index (χ4v) is 15.6. The second-order valence-electron chi connectivity index (χ2n) is 30.2. The number of piperidine rings is 1. The molecule has 1 fully saturated rings. The first-order valence-corrected chi connectivity index (χ1v) is 44.0. The van der Waals surface area contributed by atoms with Gasteiger partial charge in [-0.25, -0.2) is 34.4 Å². The van der Waals surface area contributed by atoms with Gasteiger partial charge in [0, 0.05) is 80.4 Å². The third-order valence-corrected chi connectivity index (χ3v) is 23.1. The van der Waals surface area contributed by atoms with Gasteiger partial charge in [0.1, 0.15) is 60.0 Å². The average molecular weight is 1770 g/mol. The highest BCUT2D eigenvalue weighted by Crippen LogP contribution is 2.33. The van der Waals surface area contributed by atoms with E-state index in [1.54, 1.807) is 43.0 Å². The highest BCUT2D eigenvalue weighted by molar-refractivity contribution is 8.76. The Morgan fingerprint density at radius 1 is 0.648 bits per heavy atom. The van der Waals surface area contributed by atoms with Crippen LogP contribution in [0.4, 0.5) is 14.4 Å². The largest absolute Gasteiger partial charge is 0.508 e. The van der Waals surface area contributed by atoms with Crippen molar-refractivity contribution in [1.82, 2.24) is 73.5 Å². The molecule has 122 heavy (non-hydrogen) atoms. The number of nitrogens with one attached hydrogen (secondary N) is 11. The van der Waals surface area contributed by atoms with Crippen molar-refractivity contribution in [3.8, 4) is 5.75 Å². The summed E-state index contributed by atoms with van der Waals surface area (Å²) in [5, 5.41) is 82.0. The van der Waals surface area contributed by atoms with E-state index in [4.69, 9.17) is 19.3 Å². The number of ether oxygens (including phenoxy) is 3. The van der Waals surface area contributed by atoms with Crippen molar-refractivity contribution in [2.24, 2.45) is 17.8 Å². The minimum Gasteiger partial charge on any atom is -0.508 e. The Labute approximate surface area is 720 Å². The minimum absolute atomic E-state index is 0.0101. The molecule has 1 saturated heterocycles. The topological polar surface area (TPSA) is 574 Å². The number of aliphatic carboxylic acids is 5. The third-order valence-electron chi connectivity index (χ3n) is 19.8. The lowest BCUT2D eigenvalue weighted by Crippen LogP contribution is -2.59. The molecule has 12 amide bonds. The first kappa shape index (κ1) is 104. The number of nitrogens with zero attached hydrogens (tertiary/aromatic N) is 3. The summed E-state index contributed by atoms with van der Waals surface area (Å²) in [6.07, 6.45) is 3.17. The standard InChI is InChI=1S/C80H120N14O25S3/c1-10-12-13-18-33-117-45-94(75(109)68(47(5)11-2)90-73(108)61-20-15-17-32-93(61)9)62(46(3)4)41-63(119-50(8)95)74-88-59(43-120-74)72(107)84-54(37-51-25-27-55(96)28-26-51)36-48(6)69(104)91-92-80(116)118-34-35-121-122-44-60(77(112)113)87-71(106)58(40-67(102)103)86-70(105)57(39-66(100)101)85-64(97)38-52-21-23-53(24-22-52)42-82-78(114)81-31-16-14-19-49(7)83-79(115)89-56(76(110)111)29-30-65(98)99/h21-28,43,46-49,54,56-58,60-63,68,96H,10-20,29-42,44-45H2,1-9H3,(H,84,107)(H,85,97)(H,86,105)(H,87,106)(H,90,108)(H,91,104)(H,92,116)(H,98,99)(H,100,101)(H,102,103)(H,110,111)(H,112,113)(H2,81,82,114)(H2,83,89,115)/t47?,48-,49+,54+,56-,57?,58-,60-,61?,62+,63+,68-/m0/s1. The Morgan fingerprint density at radius 3 is 1.91 bits per heavy atom. The normalized spacial score (nSPS) is 15.3. The number of benzene rings is 2. The van der Waals surface area contributed by atoms with Gasteiger partial charge in [0.05, 0.1) is 25.3 Å². The van der Waals surface area contributed by atoms with E-state index in [0.29, 0.717) is 55.4 Å². The molecule has 3 aromatic rings. The number of thiazole rings is 1. The Balaban J connectivity index is 1.29. The number of likely N-dealkylation sites (tertiary alicyclic amines) is 1. The summed E-state index contributed by atoms with van der Waals surface area (Å²) in [6.45, 7) is 15.4. The van der Waals surface area contributed by atoms with Crippen LogP contribution in [0.25, 0.3) is 0 Å². The van der Waals surface area contributed by atoms with Crippen LogP contribution in [-0.4, -0.2) is 247 Å². The lowest BCUT2D eigenvalue weighted by atomic mass is 9.92. The van der Waals surface area contributed by atoms with Crippen LogP contribution >= 0.6 is 32.9 Å². The fraction of sp³-hybridized carbons (Fsp3) is 0.613. The lowest BCUT2D eigenvalue weighted by molar-refractivity contribution is -0.153. The number of hydrogen-bond donors (Lipinski definition) is 17. The number of carboxylic acids is 5. The Bertz CT molecular complexity index is 3940. The second kappa shape index (κ2) is 55.4. The van der Waals surface area contributed by atoms with E-state index in [-0.39, 0.29) is 110 Å². The number of unbranched alkanes of at least 4 members (excludes halogenated alkanes) is 4. The number of likely N-dealkylation sites (N-methyl/N-ethyl adjacent to an activating group) is 1. The van der Waals surface area contributed by atoms with Gasteiger partial charge < -0.3 is 97.6 Å². The number of phenolic OH excluding ortho intramolecular Hbond substituents is 1. The Kier molecular flexibility index (Phi) is 47.1. The van der Waals surface area contributed by atoms with Crippen molar-refractivity contribution in [1.29, 1.82) is 0 Å². The zero-order chi connectivity index (χ0) is 90.5. The summed E-state index contributed by atoms with van der Waals surface area (Å²) in [5.74, 6) is -15.1. The molecule has 0 aliphatic carbocycles. The number of amides is 12. The van der Waals surface area contributed by atoms with Gasteiger partial charge in [-0.05, 0) is 119 Å². The number of rotatable bonds is 56. The van der Waals surface area contributed by atoms with Crippen molar-refractivity contribution in [2.75, 3.05) is 51.6 Å². The monoisotopic (exact) mass is 1770 g/mol. The molecular formula is C80H120N14O25S3. The van der Waals surface area contributed by atoms with E-state index in [0.717, 1.165) is 78.0 Å². The molecule has 0 radical (unpaired) electrons. The Morgan fingerprint density at radius 2 is 1.30 bits per heavy atom. The third kappa shape index (κ3) is 39.9. The molecule has 0 bridgehead atoms. The first-order valence-electron chi connectivity index (χ1n) is 40.6. The number of hydrazine groups is 1. The molecule has 0 saturated carbocycles.